The van der Waals surface area contributed by atoms with Crippen molar-refractivity contribution in [3.8, 4) is 0 Å². The highest BCUT2D eigenvalue weighted by molar-refractivity contribution is 7.99. The zero-order valence-corrected chi connectivity index (χ0v) is 25.3. The lowest BCUT2D eigenvalue weighted by Gasteiger charge is -2.33. The van der Waals surface area contributed by atoms with Crippen LogP contribution in [0.25, 0.3) is 0 Å². The van der Waals surface area contributed by atoms with Gasteiger partial charge in [-0.05, 0) is 61.2 Å². The number of methoxy groups -OCH3 is 1. The monoisotopic (exact) mass is 640 g/mol. The van der Waals surface area contributed by atoms with Gasteiger partial charge in [-0.3, -0.25) is 9.59 Å². The summed E-state index contributed by atoms with van der Waals surface area (Å²) in [7, 11) is 1.26. The number of aryl methyl sites for hydroxylation is 1. The molecule has 0 saturated heterocycles. The number of nitrogens with one attached hydrogen (secondary N) is 1. The number of rotatable bonds is 11. The van der Waals surface area contributed by atoms with E-state index in [2.05, 4.69) is 16.7 Å². The number of hydrogen-bond acceptors (Lipinski definition) is 8. The van der Waals surface area contributed by atoms with Crippen LogP contribution in [0.2, 0.25) is 5.02 Å². The van der Waals surface area contributed by atoms with Gasteiger partial charge in [0.25, 0.3) is 0 Å². The van der Waals surface area contributed by atoms with Crippen molar-refractivity contribution in [2.45, 2.75) is 51.6 Å². The van der Waals surface area contributed by atoms with E-state index < -0.39 is 35.1 Å². The summed E-state index contributed by atoms with van der Waals surface area (Å²) in [5.74, 6) is -1.10. The molecule has 2 aromatic rings. The van der Waals surface area contributed by atoms with Gasteiger partial charge in [0.2, 0.25) is 0 Å². The van der Waals surface area contributed by atoms with Crippen molar-refractivity contribution in [2.24, 2.45) is 10.5 Å². The van der Waals surface area contributed by atoms with Crippen molar-refractivity contribution >= 4 is 53.1 Å². The maximum absolute atomic E-state index is 13.9. The lowest BCUT2D eigenvalue weighted by Crippen LogP contribution is -2.47. The number of halogens is 4. The molecule has 1 heterocycles. The normalized spacial score (nSPS) is 17.5. The number of carbonyl (C=O) groups is 3. The Hall–Kier alpha value is -3.29. The first-order valence-corrected chi connectivity index (χ1v) is 15.0. The minimum absolute atomic E-state index is 0.0952. The molecule has 4 rings (SSSR count). The molecule has 0 saturated carbocycles. The quantitative estimate of drug-likeness (QED) is 0.173. The van der Waals surface area contributed by atoms with Gasteiger partial charge in [-0.15, -0.1) is 0 Å². The van der Waals surface area contributed by atoms with E-state index in [1.807, 2.05) is 0 Å². The summed E-state index contributed by atoms with van der Waals surface area (Å²) in [6.07, 6.45) is -0.0197. The Morgan fingerprint density at radius 1 is 1.14 bits per heavy atom. The van der Waals surface area contributed by atoms with Gasteiger partial charge >= 0.3 is 24.1 Å². The lowest BCUT2D eigenvalue weighted by molar-refractivity contribution is -0.149. The van der Waals surface area contributed by atoms with Crippen LogP contribution in [-0.4, -0.2) is 55.5 Å². The fourth-order valence-electron chi connectivity index (χ4n) is 5.02. The molecule has 0 aromatic heterocycles. The molecule has 14 heteroatoms. The molecule has 1 N–H and O–H groups in total. The van der Waals surface area contributed by atoms with E-state index in [1.165, 1.54) is 7.11 Å². The first kappa shape index (κ1) is 32.6. The van der Waals surface area contributed by atoms with E-state index in [0.29, 0.717) is 41.3 Å². The molecular weight excluding hydrogens is 609 g/mol. The summed E-state index contributed by atoms with van der Waals surface area (Å²) < 4.78 is 53.8. The smallest absolute Gasteiger partial charge is 0.416 e. The number of carbonyl (C=O) groups excluding carboxylic acids is 3. The van der Waals surface area contributed by atoms with Gasteiger partial charge in [0.1, 0.15) is 12.0 Å². The molecule has 43 heavy (non-hydrogen) atoms. The molecule has 2 aromatic carbocycles. The van der Waals surface area contributed by atoms with Crippen LogP contribution in [-0.2, 0) is 31.7 Å². The Balaban J connectivity index is 1.57. The highest BCUT2D eigenvalue weighted by Gasteiger charge is 2.54. The van der Waals surface area contributed by atoms with E-state index in [0.717, 1.165) is 64.8 Å². The highest BCUT2D eigenvalue weighted by atomic mass is 35.5. The predicted molar refractivity (Wildman–Crippen MR) is 157 cm³/mol. The third kappa shape index (κ3) is 7.44. The van der Waals surface area contributed by atoms with E-state index in [-0.39, 0.29) is 25.4 Å². The third-order valence-corrected chi connectivity index (χ3v) is 8.33. The molecule has 232 valence electrons. The Labute approximate surface area is 257 Å². The second-order valence-corrected chi connectivity index (χ2v) is 11.5. The second kappa shape index (κ2) is 14.0. The molecule has 0 spiro atoms. The van der Waals surface area contributed by atoms with Crippen LogP contribution in [0.15, 0.2) is 47.6 Å². The topological polar surface area (TPSA) is 101 Å². The fraction of sp³-hybridized carbons (Fsp3) is 0.448. The SMILES string of the molecule is CCCCCCOC(=O)CNSN(C(=O)N1CC2(C(=O)OC)CCc3cc(Cl)ccc3C2=N1)c1ccc(C(F)(F)F)cc1. The van der Waals surface area contributed by atoms with Crippen LogP contribution in [0.1, 0.15) is 55.7 Å². The van der Waals surface area contributed by atoms with Crippen molar-refractivity contribution in [1.82, 2.24) is 9.73 Å². The number of unbranched alkanes of at least 4 members (excludes halogenated alkanes) is 3. The first-order chi connectivity index (χ1) is 20.5. The zero-order valence-electron chi connectivity index (χ0n) is 23.7. The van der Waals surface area contributed by atoms with E-state index in [1.54, 1.807) is 18.2 Å². The number of benzene rings is 2. The van der Waals surface area contributed by atoms with Gasteiger partial charge in [-0.25, -0.2) is 18.8 Å². The van der Waals surface area contributed by atoms with Gasteiger partial charge in [-0.1, -0.05) is 43.9 Å². The molecule has 1 aliphatic carbocycles. The Kier molecular flexibility index (Phi) is 10.6. The van der Waals surface area contributed by atoms with Crippen LogP contribution >= 0.6 is 23.7 Å². The number of hydrogen-bond donors (Lipinski definition) is 1. The molecule has 1 unspecified atom stereocenters. The zero-order chi connectivity index (χ0) is 31.2. The van der Waals surface area contributed by atoms with Gasteiger partial charge in [0, 0.05) is 22.7 Å². The predicted octanol–water partition coefficient (Wildman–Crippen LogP) is 6.39. The summed E-state index contributed by atoms with van der Waals surface area (Å²) in [4.78, 5) is 39.2. The van der Waals surface area contributed by atoms with Gasteiger partial charge in [0.15, 0.2) is 0 Å². The average molecular weight is 641 g/mol. The third-order valence-electron chi connectivity index (χ3n) is 7.27. The van der Waals surface area contributed by atoms with Crippen molar-refractivity contribution in [3.05, 3.63) is 64.2 Å². The number of nitrogens with zero attached hydrogens (tertiary/aromatic N) is 3. The van der Waals surface area contributed by atoms with Crippen molar-refractivity contribution in [1.29, 1.82) is 0 Å². The Morgan fingerprint density at radius 3 is 2.56 bits per heavy atom. The number of alkyl halides is 3. The van der Waals surface area contributed by atoms with E-state index >= 15 is 0 Å². The molecule has 2 aliphatic rings. The summed E-state index contributed by atoms with van der Waals surface area (Å²) in [5.41, 5.74) is -0.161. The highest BCUT2D eigenvalue weighted by Crippen LogP contribution is 2.43. The summed E-state index contributed by atoms with van der Waals surface area (Å²) >= 11 is 6.87. The molecule has 2 amide bonds. The Bertz CT molecular complexity index is 1370. The van der Waals surface area contributed by atoms with Gasteiger partial charge < -0.3 is 9.47 Å². The maximum Gasteiger partial charge on any atom is 0.416 e. The van der Waals surface area contributed by atoms with Crippen LogP contribution < -0.4 is 9.03 Å². The van der Waals surface area contributed by atoms with Crippen molar-refractivity contribution < 1.29 is 37.0 Å². The van der Waals surface area contributed by atoms with Crippen LogP contribution in [0.4, 0.5) is 23.7 Å². The molecule has 9 nitrogen and oxygen atoms in total. The fourth-order valence-corrected chi connectivity index (χ4v) is 5.93. The standard InChI is InChI=1S/C29H32ClF3N4O5S/c1-3-4-5-6-15-42-24(38)17-34-43-37(22-10-7-20(8-11-22)29(31,32)33)27(40)36-18-28(26(39)41-2)14-13-19-16-21(30)9-12-23(19)25(28)35-36/h7-12,16,34H,3-6,13-15,17-18H2,1-2H3. The molecular formula is C29H32ClF3N4O5S. The first-order valence-electron chi connectivity index (χ1n) is 13.8. The van der Waals surface area contributed by atoms with Gasteiger partial charge in [-0.2, -0.15) is 18.3 Å². The average Bonchev–Trinajstić information content (AvgIpc) is 3.39. The van der Waals surface area contributed by atoms with Crippen molar-refractivity contribution in [3.63, 3.8) is 0 Å². The summed E-state index contributed by atoms with van der Waals surface area (Å²) in [6.45, 7) is 1.92. The number of ether oxygens (including phenoxy) is 2. The second-order valence-electron chi connectivity index (χ2n) is 10.2. The molecule has 1 aliphatic heterocycles. The largest absolute Gasteiger partial charge is 0.468 e. The molecule has 0 bridgehead atoms. The van der Waals surface area contributed by atoms with Crippen LogP contribution in [0, 0.1) is 5.41 Å². The van der Waals surface area contributed by atoms with E-state index in [9.17, 15) is 27.6 Å². The van der Waals surface area contributed by atoms with E-state index in [4.69, 9.17) is 21.1 Å². The number of hydrazone groups is 1. The summed E-state index contributed by atoms with van der Waals surface area (Å²) in [6, 6.07) is 8.43. The summed E-state index contributed by atoms with van der Waals surface area (Å²) in [5, 5.41) is 6.15. The number of esters is 2. The molecule has 1 atom stereocenters. The Morgan fingerprint density at radius 2 is 1.88 bits per heavy atom. The number of urea groups is 1. The van der Waals surface area contributed by atoms with Gasteiger partial charge in [0.05, 0.1) is 37.2 Å². The molecule has 0 radical (unpaired) electrons. The minimum Gasteiger partial charge on any atom is -0.468 e. The van der Waals surface area contributed by atoms with Crippen LogP contribution in [0.3, 0.4) is 0 Å². The van der Waals surface area contributed by atoms with Crippen LogP contribution in [0.5, 0.6) is 0 Å². The van der Waals surface area contributed by atoms with Crippen molar-refractivity contribution in [2.75, 3.05) is 31.1 Å². The minimum atomic E-state index is -4.57. The number of amides is 2. The number of anilines is 1. The number of fused-ring (bicyclic) bond motifs is 3. The maximum atomic E-state index is 13.9. The lowest BCUT2D eigenvalue weighted by atomic mass is 9.70. The molecule has 0 fully saturated rings.